The van der Waals surface area contributed by atoms with Crippen LogP contribution in [0.25, 0.3) is 10.6 Å². The summed E-state index contributed by atoms with van der Waals surface area (Å²) in [6.45, 7) is 2.36. The van der Waals surface area contributed by atoms with Crippen LogP contribution in [0.2, 0.25) is 0 Å². The van der Waals surface area contributed by atoms with E-state index in [9.17, 15) is 4.79 Å². The lowest BCUT2D eigenvalue weighted by atomic mass is 10.3. The third-order valence-corrected chi connectivity index (χ3v) is 5.88. The van der Waals surface area contributed by atoms with E-state index in [1.165, 1.54) is 24.2 Å². The van der Waals surface area contributed by atoms with Crippen molar-refractivity contribution in [2.24, 2.45) is 5.92 Å². The Labute approximate surface area is 137 Å². The lowest BCUT2D eigenvalue weighted by Gasteiger charge is -2.15. The molecule has 6 heteroatoms. The van der Waals surface area contributed by atoms with Gasteiger partial charge in [-0.1, -0.05) is 6.07 Å². The van der Waals surface area contributed by atoms with Gasteiger partial charge >= 0.3 is 0 Å². The molecule has 22 heavy (non-hydrogen) atoms. The molecule has 2 aliphatic rings. The molecule has 0 radical (unpaired) electrons. The van der Waals surface area contributed by atoms with Gasteiger partial charge < -0.3 is 9.64 Å². The molecule has 0 bridgehead atoms. The number of nitrogens with zero attached hydrogens (tertiary/aromatic N) is 2. The molecule has 1 saturated carbocycles. The van der Waals surface area contributed by atoms with E-state index in [2.05, 4.69) is 4.98 Å². The molecule has 0 aromatic carbocycles. The van der Waals surface area contributed by atoms with Crippen LogP contribution in [0, 0.1) is 5.92 Å². The largest absolute Gasteiger partial charge is 0.376 e. The Kier molecular flexibility index (Phi) is 3.98. The maximum absolute atomic E-state index is 12.5. The number of rotatable bonds is 5. The molecule has 1 aliphatic heterocycles. The second kappa shape index (κ2) is 6.10. The van der Waals surface area contributed by atoms with Crippen molar-refractivity contribution < 1.29 is 9.53 Å². The first-order chi connectivity index (χ1) is 10.8. The summed E-state index contributed by atoms with van der Waals surface area (Å²) in [5.41, 5.74) is 0.907. The average molecular weight is 334 g/mol. The maximum atomic E-state index is 12.5. The van der Waals surface area contributed by atoms with Gasteiger partial charge in [-0.05, 0) is 36.6 Å². The number of likely N-dealkylation sites (tertiary alicyclic amines) is 1. The molecule has 2 fully saturated rings. The predicted octanol–water partition coefficient (Wildman–Crippen LogP) is 3.51. The number of carbonyl (C=O) groups is 1. The Morgan fingerprint density at radius 2 is 2.27 bits per heavy atom. The van der Waals surface area contributed by atoms with Gasteiger partial charge in [-0.25, -0.2) is 4.98 Å². The second-order valence-corrected chi connectivity index (χ2v) is 7.76. The van der Waals surface area contributed by atoms with E-state index in [4.69, 9.17) is 4.74 Å². The smallest absolute Gasteiger partial charge is 0.282 e. The Balaban J connectivity index is 1.37. The monoisotopic (exact) mass is 334 g/mol. The van der Waals surface area contributed by atoms with Crippen LogP contribution in [0.5, 0.6) is 0 Å². The minimum Gasteiger partial charge on any atom is -0.376 e. The number of hydrogen-bond acceptors (Lipinski definition) is 5. The minimum atomic E-state index is 0.0466. The molecule has 3 heterocycles. The van der Waals surface area contributed by atoms with Crippen LogP contribution in [0.4, 0.5) is 0 Å². The van der Waals surface area contributed by atoms with E-state index in [1.54, 1.807) is 11.3 Å². The van der Waals surface area contributed by atoms with Crippen LogP contribution >= 0.6 is 22.7 Å². The Hall–Kier alpha value is -1.24. The normalized spacial score (nSPS) is 21.5. The van der Waals surface area contributed by atoms with Crippen LogP contribution in [0.15, 0.2) is 22.9 Å². The van der Waals surface area contributed by atoms with Crippen molar-refractivity contribution >= 4 is 28.6 Å². The standard InChI is InChI=1S/C16H18N2O2S2/c19-16(15-17-13(10-22-15)14-2-1-7-21-14)18-6-5-12(8-18)20-9-11-3-4-11/h1-2,7,10-12H,3-6,8-9H2. The van der Waals surface area contributed by atoms with Gasteiger partial charge in [0.2, 0.25) is 0 Å². The number of thiophene rings is 1. The van der Waals surface area contributed by atoms with Gasteiger partial charge in [-0.15, -0.1) is 22.7 Å². The van der Waals surface area contributed by atoms with Crippen LogP contribution in [-0.2, 0) is 4.74 Å². The quantitative estimate of drug-likeness (QED) is 0.840. The summed E-state index contributed by atoms with van der Waals surface area (Å²) in [6, 6.07) is 4.04. The molecule has 1 amide bonds. The Morgan fingerprint density at radius 1 is 1.36 bits per heavy atom. The summed E-state index contributed by atoms with van der Waals surface area (Å²) in [5.74, 6) is 0.822. The number of aromatic nitrogens is 1. The molecule has 116 valence electrons. The summed E-state index contributed by atoms with van der Waals surface area (Å²) in [4.78, 5) is 20.0. The summed E-state index contributed by atoms with van der Waals surface area (Å²) in [5, 5.41) is 4.58. The topological polar surface area (TPSA) is 42.4 Å². The lowest BCUT2D eigenvalue weighted by molar-refractivity contribution is 0.0480. The zero-order valence-corrected chi connectivity index (χ0v) is 13.9. The first kappa shape index (κ1) is 14.4. The van der Waals surface area contributed by atoms with Gasteiger partial charge in [-0.2, -0.15) is 0 Å². The van der Waals surface area contributed by atoms with E-state index in [0.717, 1.165) is 36.1 Å². The van der Waals surface area contributed by atoms with Gasteiger partial charge in [0.05, 0.1) is 16.7 Å². The maximum Gasteiger partial charge on any atom is 0.282 e. The molecule has 1 saturated heterocycles. The molecular formula is C16H18N2O2S2. The van der Waals surface area contributed by atoms with Crippen molar-refractivity contribution in [1.82, 2.24) is 9.88 Å². The molecule has 1 unspecified atom stereocenters. The van der Waals surface area contributed by atoms with Crippen molar-refractivity contribution in [3.8, 4) is 10.6 Å². The Bertz CT molecular complexity index is 649. The van der Waals surface area contributed by atoms with Gasteiger partial charge in [0, 0.05) is 25.1 Å². The van der Waals surface area contributed by atoms with E-state index in [0.29, 0.717) is 11.6 Å². The van der Waals surface area contributed by atoms with Crippen LogP contribution in [0.1, 0.15) is 29.1 Å². The fraction of sp³-hybridized carbons (Fsp3) is 0.500. The highest BCUT2D eigenvalue weighted by Gasteiger charge is 2.31. The van der Waals surface area contributed by atoms with Gasteiger partial charge in [0.1, 0.15) is 0 Å². The van der Waals surface area contributed by atoms with Crippen molar-refractivity contribution in [3.63, 3.8) is 0 Å². The van der Waals surface area contributed by atoms with Crippen molar-refractivity contribution in [3.05, 3.63) is 27.9 Å². The zero-order chi connectivity index (χ0) is 14.9. The van der Waals surface area contributed by atoms with Crippen LogP contribution < -0.4 is 0 Å². The number of ether oxygens (including phenoxy) is 1. The van der Waals surface area contributed by atoms with Crippen LogP contribution in [0.3, 0.4) is 0 Å². The minimum absolute atomic E-state index is 0.0466. The number of carbonyl (C=O) groups excluding carboxylic acids is 1. The highest BCUT2D eigenvalue weighted by molar-refractivity contribution is 7.15. The highest BCUT2D eigenvalue weighted by Crippen LogP contribution is 2.30. The molecule has 1 aliphatic carbocycles. The van der Waals surface area contributed by atoms with E-state index in [-0.39, 0.29) is 12.0 Å². The van der Waals surface area contributed by atoms with E-state index >= 15 is 0 Å². The van der Waals surface area contributed by atoms with E-state index in [1.807, 2.05) is 27.8 Å². The molecule has 1 atom stereocenters. The lowest BCUT2D eigenvalue weighted by Crippen LogP contribution is -2.30. The zero-order valence-electron chi connectivity index (χ0n) is 12.2. The third kappa shape index (κ3) is 3.09. The molecule has 4 rings (SSSR count). The number of thiazole rings is 1. The molecule has 2 aromatic rings. The first-order valence-electron chi connectivity index (χ1n) is 7.70. The van der Waals surface area contributed by atoms with Gasteiger partial charge in [0.15, 0.2) is 5.01 Å². The summed E-state index contributed by atoms with van der Waals surface area (Å²) >= 11 is 3.08. The van der Waals surface area contributed by atoms with Crippen molar-refractivity contribution in [2.45, 2.75) is 25.4 Å². The van der Waals surface area contributed by atoms with Crippen molar-refractivity contribution in [2.75, 3.05) is 19.7 Å². The second-order valence-electron chi connectivity index (χ2n) is 5.95. The number of hydrogen-bond donors (Lipinski definition) is 0. The average Bonchev–Trinajstić information content (AvgIpc) is 3.01. The van der Waals surface area contributed by atoms with E-state index < -0.39 is 0 Å². The molecule has 0 N–H and O–H groups in total. The SMILES string of the molecule is O=C(c1nc(-c2cccs2)cs1)N1CCC(OCC2CC2)C1. The fourth-order valence-corrected chi connectivity index (χ4v) is 4.19. The molecular weight excluding hydrogens is 316 g/mol. The fourth-order valence-electron chi connectivity index (χ4n) is 2.65. The van der Waals surface area contributed by atoms with Gasteiger partial charge in [-0.3, -0.25) is 4.79 Å². The molecule has 4 nitrogen and oxygen atoms in total. The van der Waals surface area contributed by atoms with Gasteiger partial charge in [0.25, 0.3) is 5.91 Å². The Morgan fingerprint density at radius 3 is 3.05 bits per heavy atom. The summed E-state index contributed by atoms with van der Waals surface area (Å²) in [6.07, 6.45) is 3.77. The number of amides is 1. The van der Waals surface area contributed by atoms with Crippen molar-refractivity contribution in [1.29, 1.82) is 0 Å². The predicted molar refractivity (Wildman–Crippen MR) is 88.4 cm³/mol. The summed E-state index contributed by atoms with van der Waals surface area (Å²) in [7, 11) is 0. The highest BCUT2D eigenvalue weighted by atomic mass is 32.1. The molecule has 0 spiro atoms. The third-order valence-electron chi connectivity index (χ3n) is 4.16. The summed E-state index contributed by atoms with van der Waals surface area (Å²) < 4.78 is 5.90. The van der Waals surface area contributed by atoms with Crippen LogP contribution in [-0.4, -0.2) is 41.6 Å². The first-order valence-corrected chi connectivity index (χ1v) is 9.46. The molecule has 2 aromatic heterocycles.